The van der Waals surface area contributed by atoms with E-state index in [1.165, 1.54) is 38.8 Å². The molecule has 4 heteroatoms. The van der Waals surface area contributed by atoms with Gasteiger partial charge in [0.1, 0.15) is 5.75 Å². The molecule has 2 fully saturated rings. The Morgan fingerprint density at radius 3 is 2.48 bits per heavy atom. The maximum absolute atomic E-state index is 10.2. The molecule has 0 amide bonds. The van der Waals surface area contributed by atoms with Crippen molar-refractivity contribution >= 4 is 15.9 Å². The number of aromatic hydroxyl groups is 1. The van der Waals surface area contributed by atoms with Crippen LogP contribution in [0.25, 0.3) is 0 Å². The fourth-order valence-electron chi connectivity index (χ4n) is 3.72. The van der Waals surface area contributed by atoms with Crippen molar-refractivity contribution < 1.29 is 5.11 Å². The van der Waals surface area contributed by atoms with E-state index in [1.54, 1.807) is 0 Å². The quantitative estimate of drug-likeness (QED) is 0.901. The fraction of sp³-hybridized carbons (Fsp3) is 0.647. The molecule has 0 unspecified atom stereocenters. The summed E-state index contributed by atoms with van der Waals surface area (Å²) in [6.45, 7) is 7.39. The predicted molar refractivity (Wildman–Crippen MR) is 89.6 cm³/mol. The van der Waals surface area contributed by atoms with Gasteiger partial charge in [-0.2, -0.15) is 0 Å². The highest BCUT2D eigenvalue weighted by Gasteiger charge is 2.26. The lowest BCUT2D eigenvalue weighted by molar-refractivity contribution is 0.0932. The van der Waals surface area contributed by atoms with E-state index in [-0.39, 0.29) is 0 Å². The Kier molecular flexibility index (Phi) is 4.87. The van der Waals surface area contributed by atoms with Gasteiger partial charge in [0.25, 0.3) is 0 Å². The zero-order chi connectivity index (χ0) is 14.8. The number of benzene rings is 1. The lowest BCUT2D eigenvalue weighted by atomic mass is 10.1. The maximum Gasteiger partial charge on any atom is 0.123 e. The molecule has 1 N–H and O–H groups in total. The van der Waals surface area contributed by atoms with E-state index >= 15 is 0 Å². The Balaban J connectivity index is 1.58. The average molecular weight is 353 g/mol. The zero-order valence-electron chi connectivity index (χ0n) is 12.8. The highest BCUT2D eigenvalue weighted by atomic mass is 79.9. The molecule has 0 bridgehead atoms. The summed E-state index contributed by atoms with van der Waals surface area (Å²) in [6.07, 6.45) is 5.61. The average Bonchev–Trinajstić information content (AvgIpc) is 2.99. The van der Waals surface area contributed by atoms with Crippen LogP contribution in [0.2, 0.25) is 0 Å². The van der Waals surface area contributed by atoms with E-state index in [0.29, 0.717) is 5.75 Å². The largest absolute Gasteiger partial charge is 0.507 e. The van der Waals surface area contributed by atoms with Crippen molar-refractivity contribution in [3.8, 4) is 5.75 Å². The van der Waals surface area contributed by atoms with Gasteiger partial charge in [0.2, 0.25) is 0 Å². The first-order chi connectivity index (χ1) is 10.1. The number of hydrogen-bond donors (Lipinski definition) is 1. The Hall–Kier alpha value is -0.580. The van der Waals surface area contributed by atoms with Crippen molar-refractivity contribution in [1.82, 2.24) is 9.80 Å². The minimum atomic E-state index is 0.455. The Labute approximate surface area is 136 Å². The molecule has 1 aliphatic heterocycles. The van der Waals surface area contributed by atoms with Crippen LogP contribution < -0.4 is 0 Å². The second kappa shape index (κ2) is 6.67. The van der Waals surface area contributed by atoms with E-state index in [4.69, 9.17) is 0 Å². The van der Waals surface area contributed by atoms with Crippen molar-refractivity contribution in [1.29, 1.82) is 0 Å². The molecule has 1 saturated carbocycles. The molecule has 0 atom stereocenters. The third-order valence-corrected chi connectivity index (χ3v) is 5.44. The SMILES string of the molecule is Cc1cc(Br)cc(CN2CCN(C3CCCC3)CC2)c1O. The van der Waals surface area contributed by atoms with E-state index in [0.717, 1.165) is 41.3 Å². The van der Waals surface area contributed by atoms with Crippen LogP contribution in [0, 0.1) is 6.92 Å². The number of hydrogen-bond acceptors (Lipinski definition) is 3. The van der Waals surface area contributed by atoms with Gasteiger partial charge in [0, 0.05) is 48.8 Å². The Morgan fingerprint density at radius 2 is 1.81 bits per heavy atom. The van der Waals surface area contributed by atoms with Crippen LogP contribution in [0.5, 0.6) is 5.75 Å². The van der Waals surface area contributed by atoms with Crippen LogP contribution >= 0.6 is 15.9 Å². The maximum atomic E-state index is 10.2. The predicted octanol–water partition coefficient (Wildman–Crippen LogP) is 3.52. The smallest absolute Gasteiger partial charge is 0.123 e. The molecule has 1 aromatic rings. The van der Waals surface area contributed by atoms with Gasteiger partial charge in [0.05, 0.1) is 0 Å². The molecule has 1 aliphatic carbocycles. The summed E-state index contributed by atoms with van der Waals surface area (Å²) in [4.78, 5) is 5.14. The molecule has 116 valence electrons. The number of rotatable bonds is 3. The second-order valence-electron chi connectivity index (χ2n) is 6.48. The van der Waals surface area contributed by atoms with Crippen LogP contribution in [0.1, 0.15) is 36.8 Å². The van der Waals surface area contributed by atoms with Gasteiger partial charge in [-0.1, -0.05) is 28.8 Å². The number of phenolic OH excluding ortho intramolecular Hbond substituents is 1. The van der Waals surface area contributed by atoms with Gasteiger partial charge in [-0.25, -0.2) is 0 Å². The van der Waals surface area contributed by atoms with Crippen molar-refractivity contribution in [2.24, 2.45) is 0 Å². The second-order valence-corrected chi connectivity index (χ2v) is 7.40. The Bertz CT molecular complexity index is 492. The molecule has 2 aliphatic rings. The summed E-state index contributed by atoms with van der Waals surface area (Å²) in [6, 6.07) is 4.86. The number of halogens is 1. The molecule has 0 spiro atoms. The molecule has 0 aromatic heterocycles. The minimum Gasteiger partial charge on any atom is -0.507 e. The molecule has 3 rings (SSSR count). The summed E-state index contributed by atoms with van der Waals surface area (Å²) in [5, 5.41) is 10.2. The van der Waals surface area contributed by atoms with E-state index in [2.05, 4.69) is 25.7 Å². The molecule has 1 saturated heterocycles. The lowest BCUT2D eigenvalue weighted by Crippen LogP contribution is -2.49. The number of aryl methyl sites for hydroxylation is 1. The highest BCUT2D eigenvalue weighted by Crippen LogP contribution is 2.29. The summed E-state index contributed by atoms with van der Waals surface area (Å²) in [7, 11) is 0. The van der Waals surface area contributed by atoms with Gasteiger partial charge < -0.3 is 5.11 Å². The van der Waals surface area contributed by atoms with Gasteiger partial charge in [-0.3, -0.25) is 9.80 Å². The molecule has 0 radical (unpaired) electrons. The van der Waals surface area contributed by atoms with Crippen LogP contribution in [0.15, 0.2) is 16.6 Å². The summed E-state index contributed by atoms with van der Waals surface area (Å²) in [5.41, 5.74) is 1.99. The normalized spacial score (nSPS) is 22.0. The summed E-state index contributed by atoms with van der Waals surface area (Å²) < 4.78 is 1.05. The summed E-state index contributed by atoms with van der Waals surface area (Å²) >= 11 is 3.53. The van der Waals surface area contributed by atoms with Crippen molar-refractivity contribution in [3.05, 3.63) is 27.7 Å². The lowest BCUT2D eigenvalue weighted by Gasteiger charge is -2.38. The van der Waals surface area contributed by atoms with Crippen LogP contribution in [0.3, 0.4) is 0 Å². The zero-order valence-corrected chi connectivity index (χ0v) is 14.4. The minimum absolute atomic E-state index is 0.455. The van der Waals surface area contributed by atoms with E-state index in [9.17, 15) is 5.11 Å². The van der Waals surface area contributed by atoms with E-state index < -0.39 is 0 Å². The first-order valence-corrected chi connectivity index (χ1v) is 8.87. The third kappa shape index (κ3) is 3.61. The molecular weight excluding hydrogens is 328 g/mol. The van der Waals surface area contributed by atoms with Crippen molar-refractivity contribution in [2.75, 3.05) is 26.2 Å². The third-order valence-electron chi connectivity index (χ3n) is 4.99. The van der Waals surface area contributed by atoms with Gasteiger partial charge in [-0.15, -0.1) is 0 Å². The first kappa shape index (κ1) is 15.3. The van der Waals surface area contributed by atoms with Crippen LogP contribution in [-0.2, 0) is 6.54 Å². The number of nitrogens with zero attached hydrogens (tertiary/aromatic N) is 2. The standard InChI is InChI=1S/C17H25BrN2O/c1-13-10-15(18)11-14(17(13)21)12-19-6-8-20(9-7-19)16-4-2-3-5-16/h10-11,16,21H,2-9,12H2,1H3. The highest BCUT2D eigenvalue weighted by molar-refractivity contribution is 9.10. The molecular formula is C17H25BrN2O. The first-order valence-electron chi connectivity index (χ1n) is 8.08. The van der Waals surface area contributed by atoms with Crippen LogP contribution in [0.4, 0.5) is 0 Å². The van der Waals surface area contributed by atoms with Gasteiger partial charge in [0.15, 0.2) is 0 Å². The number of phenols is 1. The molecule has 1 heterocycles. The van der Waals surface area contributed by atoms with Gasteiger partial charge in [-0.05, 0) is 37.5 Å². The number of piperazine rings is 1. The fourth-order valence-corrected chi connectivity index (χ4v) is 4.34. The summed E-state index contributed by atoms with van der Waals surface area (Å²) in [5.74, 6) is 0.455. The van der Waals surface area contributed by atoms with E-state index in [1.807, 2.05) is 19.1 Å². The molecule has 3 nitrogen and oxygen atoms in total. The topological polar surface area (TPSA) is 26.7 Å². The van der Waals surface area contributed by atoms with Crippen molar-refractivity contribution in [3.63, 3.8) is 0 Å². The molecule has 1 aromatic carbocycles. The van der Waals surface area contributed by atoms with Gasteiger partial charge >= 0.3 is 0 Å². The molecule has 21 heavy (non-hydrogen) atoms. The monoisotopic (exact) mass is 352 g/mol. The Morgan fingerprint density at radius 1 is 1.14 bits per heavy atom. The van der Waals surface area contributed by atoms with Crippen LogP contribution in [-0.4, -0.2) is 47.1 Å². The van der Waals surface area contributed by atoms with Crippen molar-refractivity contribution in [2.45, 2.75) is 45.2 Å².